The zero-order chi connectivity index (χ0) is 19.3. The predicted molar refractivity (Wildman–Crippen MR) is 108 cm³/mol. The van der Waals surface area contributed by atoms with Crippen molar-refractivity contribution in [3.05, 3.63) is 71.1 Å². The fourth-order valence-corrected chi connectivity index (χ4v) is 3.34. The molecule has 6 nitrogen and oxygen atoms in total. The number of hydrogen-bond donors (Lipinski definition) is 1. The van der Waals surface area contributed by atoms with Crippen LogP contribution in [0.5, 0.6) is 0 Å². The molecule has 2 aromatic carbocycles. The Balaban J connectivity index is 1.37. The summed E-state index contributed by atoms with van der Waals surface area (Å²) in [5.74, 6) is 0.666. The van der Waals surface area contributed by atoms with Crippen LogP contribution in [0, 0.1) is 5.82 Å². The van der Waals surface area contributed by atoms with E-state index in [2.05, 4.69) is 54.6 Å². The Kier molecular flexibility index (Phi) is 5.64. The molecule has 0 atom stereocenters. The Labute approximate surface area is 168 Å². The normalized spacial score (nSPS) is 14.9. The van der Waals surface area contributed by atoms with Gasteiger partial charge in [0.2, 0.25) is 5.95 Å². The summed E-state index contributed by atoms with van der Waals surface area (Å²) in [6.07, 6.45) is 1.53. The van der Waals surface area contributed by atoms with Crippen LogP contribution < -0.4 is 10.2 Å². The number of nitrogens with one attached hydrogen (secondary N) is 1. The Bertz CT molecular complexity index is 931. The van der Waals surface area contributed by atoms with Crippen molar-refractivity contribution in [1.29, 1.82) is 0 Å². The second-order valence-electron chi connectivity index (χ2n) is 6.64. The van der Waals surface area contributed by atoms with Gasteiger partial charge in [0.05, 0.1) is 11.2 Å². The highest BCUT2D eigenvalue weighted by Crippen LogP contribution is 2.22. The van der Waals surface area contributed by atoms with Crippen LogP contribution >= 0.6 is 11.6 Å². The third-order valence-electron chi connectivity index (χ3n) is 4.64. The molecule has 3 aromatic rings. The van der Waals surface area contributed by atoms with Gasteiger partial charge in [-0.2, -0.15) is 10.1 Å². The summed E-state index contributed by atoms with van der Waals surface area (Å²) in [7, 11) is 0. The molecule has 1 aromatic heterocycles. The standard InChI is InChI=1S/C20H20ClFN6/c21-17-12-16(6-7-18(17)22)24-19-13-23-26-20(25-19)28-10-8-27(9-11-28)14-15-4-2-1-3-5-15/h1-7,12-13H,8-11,14H2,(H,24,25,26). The van der Waals surface area contributed by atoms with Gasteiger partial charge >= 0.3 is 0 Å². The second kappa shape index (κ2) is 8.50. The molecule has 0 radical (unpaired) electrons. The van der Waals surface area contributed by atoms with E-state index in [1.807, 2.05) is 6.07 Å². The van der Waals surface area contributed by atoms with Crippen LogP contribution in [0.15, 0.2) is 54.7 Å². The van der Waals surface area contributed by atoms with E-state index in [0.717, 1.165) is 32.7 Å². The van der Waals surface area contributed by atoms with Crippen LogP contribution in [0.25, 0.3) is 0 Å². The smallest absolute Gasteiger partial charge is 0.247 e. The number of benzene rings is 2. The maximum Gasteiger partial charge on any atom is 0.247 e. The van der Waals surface area contributed by atoms with Crippen molar-refractivity contribution in [3.63, 3.8) is 0 Å². The van der Waals surface area contributed by atoms with Crippen LogP contribution in [0.4, 0.5) is 21.8 Å². The average Bonchev–Trinajstić information content (AvgIpc) is 2.72. The highest BCUT2D eigenvalue weighted by atomic mass is 35.5. The van der Waals surface area contributed by atoms with Gasteiger partial charge < -0.3 is 10.2 Å². The minimum Gasteiger partial charge on any atom is -0.339 e. The summed E-state index contributed by atoms with van der Waals surface area (Å²) in [6.45, 7) is 4.48. The van der Waals surface area contributed by atoms with E-state index in [0.29, 0.717) is 17.5 Å². The SMILES string of the molecule is Fc1ccc(Nc2cnnc(N3CCN(Cc4ccccc4)CC3)n2)cc1Cl. The van der Waals surface area contributed by atoms with Gasteiger partial charge in [-0.25, -0.2) is 4.39 Å². The third-order valence-corrected chi connectivity index (χ3v) is 4.93. The minimum absolute atomic E-state index is 0.0572. The molecule has 0 unspecified atom stereocenters. The molecule has 28 heavy (non-hydrogen) atoms. The maximum atomic E-state index is 13.3. The number of rotatable bonds is 5. The van der Waals surface area contributed by atoms with Gasteiger partial charge in [-0.05, 0) is 23.8 Å². The van der Waals surface area contributed by atoms with Gasteiger partial charge in [-0.3, -0.25) is 4.90 Å². The van der Waals surface area contributed by atoms with Gasteiger partial charge in [-0.15, -0.1) is 5.10 Å². The first kappa shape index (κ1) is 18.6. The molecule has 1 fully saturated rings. The summed E-state index contributed by atoms with van der Waals surface area (Å²) in [5.41, 5.74) is 1.96. The Morgan fingerprint density at radius 3 is 2.57 bits per heavy atom. The van der Waals surface area contributed by atoms with Crippen LogP contribution in [-0.4, -0.2) is 46.3 Å². The molecule has 2 heterocycles. The lowest BCUT2D eigenvalue weighted by molar-refractivity contribution is 0.248. The Morgan fingerprint density at radius 2 is 1.82 bits per heavy atom. The van der Waals surface area contributed by atoms with E-state index in [1.54, 1.807) is 6.07 Å². The van der Waals surface area contributed by atoms with Gasteiger partial charge in [0.15, 0.2) is 5.82 Å². The van der Waals surface area contributed by atoms with Crippen molar-refractivity contribution in [2.45, 2.75) is 6.54 Å². The molecule has 144 valence electrons. The Hall–Kier alpha value is -2.77. The molecule has 0 saturated carbocycles. The number of nitrogens with zero attached hydrogens (tertiary/aromatic N) is 5. The first-order valence-electron chi connectivity index (χ1n) is 9.10. The molecular formula is C20H20ClFN6. The summed E-state index contributed by atoms with van der Waals surface area (Å²) in [4.78, 5) is 9.08. The molecule has 0 spiro atoms. The number of anilines is 3. The largest absolute Gasteiger partial charge is 0.339 e. The average molecular weight is 399 g/mol. The van der Waals surface area contributed by atoms with Crippen molar-refractivity contribution >= 4 is 29.1 Å². The lowest BCUT2D eigenvalue weighted by atomic mass is 10.2. The molecule has 1 aliphatic heterocycles. The third kappa shape index (κ3) is 4.55. The molecule has 0 aliphatic carbocycles. The van der Waals surface area contributed by atoms with E-state index in [9.17, 15) is 4.39 Å². The molecule has 0 amide bonds. The highest BCUT2D eigenvalue weighted by Gasteiger charge is 2.19. The van der Waals surface area contributed by atoms with Crippen LogP contribution in [0.1, 0.15) is 5.56 Å². The minimum atomic E-state index is -0.456. The van der Waals surface area contributed by atoms with E-state index >= 15 is 0 Å². The van der Waals surface area contributed by atoms with E-state index in [4.69, 9.17) is 11.6 Å². The lowest BCUT2D eigenvalue weighted by Gasteiger charge is -2.34. The van der Waals surface area contributed by atoms with E-state index in [1.165, 1.54) is 23.9 Å². The first-order chi connectivity index (χ1) is 13.7. The highest BCUT2D eigenvalue weighted by molar-refractivity contribution is 6.31. The molecular weight excluding hydrogens is 379 g/mol. The van der Waals surface area contributed by atoms with Crippen LogP contribution in [0.3, 0.4) is 0 Å². The number of hydrogen-bond acceptors (Lipinski definition) is 6. The molecule has 4 rings (SSSR count). The zero-order valence-corrected chi connectivity index (χ0v) is 16.0. The number of piperazine rings is 1. The molecule has 1 N–H and O–H groups in total. The molecule has 1 saturated heterocycles. The summed E-state index contributed by atoms with van der Waals surface area (Å²) < 4.78 is 13.3. The fraction of sp³-hybridized carbons (Fsp3) is 0.250. The number of aromatic nitrogens is 3. The Morgan fingerprint density at radius 1 is 1.04 bits per heavy atom. The van der Waals surface area contributed by atoms with Gasteiger partial charge in [0.25, 0.3) is 0 Å². The predicted octanol–water partition coefficient (Wildman–Crippen LogP) is 3.73. The monoisotopic (exact) mass is 398 g/mol. The van der Waals surface area contributed by atoms with Crippen LogP contribution in [-0.2, 0) is 6.54 Å². The van der Waals surface area contributed by atoms with Crippen molar-refractivity contribution in [1.82, 2.24) is 20.1 Å². The number of halogens is 2. The quantitative estimate of drug-likeness (QED) is 0.706. The van der Waals surface area contributed by atoms with E-state index in [-0.39, 0.29) is 5.02 Å². The first-order valence-corrected chi connectivity index (χ1v) is 9.48. The zero-order valence-electron chi connectivity index (χ0n) is 15.2. The fourth-order valence-electron chi connectivity index (χ4n) is 3.16. The molecule has 1 aliphatic rings. The van der Waals surface area contributed by atoms with E-state index < -0.39 is 5.82 Å². The van der Waals surface area contributed by atoms with Crippen molar-refractivity contribution < 1.29 is 4.39 Å². The van der Waals surface area contributed by atoms with Gasteiger partial charge in [0, 0.05) is 38.4 Å². The van der Waals surface area contributed by atoms with Crippen LogP contribution in [0.2, 0.25) is 5.02 Å². The summed E-state index contributed by atoms with van der Waals surface area (Å²) >= 11 is 5.83. The maximum absolute atomic E-state index is 13.3. The lowest BCUT2D eigenvalue weighted by Crippen LogP contribution is -2.46. The van der Waals surface area contributed by atoms with Gasteiger partial charge in [-0.1, -0.05) is 41.9 Å². The molecule has 0 bridgehead atoms. The topological polar surface area (TPSA) is 57.2 Å². The summed E-state index contributed by atoms with van der Waals surface area (Å²) in [6, 6.07) is 14.9. The van der Waals surface area contributed by atoms with Gasteiger partial charge in [0.1, 0.15) is 5.82 Å². The van der Waals surface area contributed by atoms with Crippen molar-refractivity contribution in [2.75, 3.05) is 36.4 Å². The van der Waals surface area contributed by atoms with Crippen molar-refractivity contribution in [2.24, 2.45) is 0 Å². The summed E-state index contributed by atoms with van der Waals surface area (Å²) in [5, 5.41) is 11.4. The molecule has 8 heteroatoms. The second-order valence-corrected chi connectivity index (χ2v) is 7.05. The van der Waals surface area contributed by atoms with Crippen molar-refractivity contribution in [3.8, 4) is 0 Å².